The van der Waals surface area contributed by atoms with Crippen molar-refractivity contribution in [3.05, 3.63) is 75.9 Å². The molecule has 11 heterocycles. The van der Waals surface area contributed by atoms with Crippen molar-refractivity contribution in [3.63, 3.8) is 0 Å². The van der Waals surface area contributed by atoms with Gasteiger partial charge in [0.2, 0.25) is 47.3 Å². The maximum absolute atomic E-state index is 14.3. The fourth-order valence-corrected chi connectivity index (χ4v) is 19.3. The second kappa shape index (κ2) is 33.3. The average Bonchev–Trinajstić information content (AvgIpc) is 1.53. The second-order valence-electron chi connectivity index (χ2n) is 30.9. The van der Waals surface area contributed by atoms with Gasteiger partial charge in [0.1, 0.15) is 36.3 Å². The quantitative estimate of drug-likeness (QED) is 0.0251. The number of ether oxygens (including phenoxy) is 2. The van der Waals surface area contributed by atoms with E-state index < -0.39 is 188 Å². The Bertz CT molecular complexity index is 4810. The van der Waals surface area contributed by atoms with Gasteiger partial charge < -0.3 is 103 Å². The van der Waals surface area contributed by atoms with Crippen molar-refractivity contribution in [2.45, 2.75) is 200 Å². The Hall–Kier alpha value is -8.65. The summed E-state index contributed by atoms with van der Waals surface area (Å²) < 4.78 is 54.5. The van der Waals surface area contributed by atoms with Crippen molar-refractivity contribution in [1.29, 1.82) is 0 Å². The van der Waals surface area contributed by atoms with Crippen LogP contribution in [0.1, 0.15) is 145 Å². The Kier molecular flexibility index (Phi) is 26.0. The first-order valence-electron chi connectivity index (χ1n) is 35.9. The molecular formula is C68H97CoN21O21P2-2. The molecule has 4 aromatic heterocycles. The molecule has 1 radical (unpaired) electrons. The normalized spacial score (nSPS) is 33.4. The molecule has 42 nitrogen and oxygen atoms in total. The molecule has 0 aliphatic carbocycles. The largest absolute Gasteiger partial charge is 0.682 e. The van der Waals surface area contributed by atoms with Crippen molar-refractivity contribution in [2.24, 2.45) is 94.7 Å². The van der Waals surface area contributed by atoms with Crippen LogP contribution in [0.4, 0.5) is 11.8 Å². The van der Waals surface area contributed by atoms with Crippen LogP contribution >= 0.6 is 15.6 Å². The maximum atomic E-state index is 14.3. The van der Waals surface area contributed by atoms with E-state index in [0.717, 1.165) is 10.9 Å². The van der Waals surface area contributed by atoms with Crippen molar-refractivity contribution < 1.29 is 113 Å². The van der Waals surface area contributed by atoms with E-state index in [4.69, 9.17) is 84.7 Å². The minimum atomic E-state index is -5.56. The number of nitrogens with zero attached hydrogens (tertiary/aromatic N) is 11. The van der Waals surface area contributed by atoms with Crippen LogP contribution in [0, 0.1) is 52.3 Å². The summed E-state index contributed by atoms with van der Waals surface area (Å²) >= 11 is 0. The minimum absolute atomic E-state index is 0. The van der Waals surface area contributed by atoms with Crippen LogP contribution in [-0.4, -0.2) is 195 Å². The Morgan fingerprint density at radius 1 is 0.708 bits per heavy atom. The predicted octanol–water partition coefficient (Wildman–Crippen LogP) is -0.0277. The number of nitrogens with two attached hydrogens (primary N) is 8. The molecule has 24 N–H and O–H groups in total. The number of fused-ring (bicyclic) bond motifs is 8. The number of hydrogen-bond donors (Lipinski definition) is 16. The molecule has 11 rings (SSSR count). The number of aromatic nitrogens is 8. The van der Waals surface area contributed by atoms with Crippen LogP contribution in [-0.2, 0) is 82.3 Å². The van der Waals surface area contributed by atoms with Gasteiger partial charge in [-0.2, -0.15) is 15.0 Å². The number of aromatic amines is 1. The number of imidazole rings is 2. The zero-order chi connectivity index (χ0) is 82.8. The topological polar surface area (TPSA) is 700 Å². The first-order valence-corrected chi connectivity index (χ1v) is 38.9. The van der Waals surface area contributed by atoms with Crippen LogP contribution < -0.4 is 56.7 Å². The number of anilines is 2. The summed E-state index contributed by atoms with van der Waals surface area (Å²) in [6.07, 6.45) is -7.62. The Morgan fingerprint density at radius 3 is 1.88 bits per heavy atom. The molecule has 8 bridgehead atoms. The molecule has 0 aromatic carbocycles. The van der Waals surface area contributed by atoms with Crippen molar-refractivity contribution in [3.8, 4) is 0 Å². The fraction of sp³-hybridized carbons (Fsp3) is 0.603. The standard InChI is InChI=1S/C58H86N16O18P2.C10H12N5O3.Co/c1-25(91-94(87,88)92-93(85,86)89-23-33-45(82)46(83)52(90-33)74-24-67-44-50(74)71-53(65)72-51(44)84)22-66-41(81)16-17-55(6)31(18-38(62)78)49-58(9)57(8,21-40(64)80)30(12-15-37(61)77)43(73-58)27(3)48-56(7,20-39(63)79)28(10-13-35(59)75)32(68-48)19-34-54(4,5)29(11-14-36(60)76)42(69-34)26(2)47(55)70-49;1-4-6(16)7(17)10(18-4)15-3-14-5-8(11)12-2-13-9(5)15;/h19,24-25,28-31,33,45-46,49,52,82-83H,10-18,20-23H2,1-9H3,(H19,59,60,61,62,63,64,65,66,68,69,70,71,72,73,75,76,77,78,79,80,81,84,85,86,87,88);2-4,6-7,10,16-17H,1H2,(H2,11,12,13);/q;-1;/p-1/t25-,28-,29-,30-,31+,33-,45-,46-,49-,52-,55-,56+,57+,58+;4-,6-,7-,10-;/m11./s1. The van der Waals surface area contributed by atoms with Crippen LogP contribution in [0.3, 0.4) is 0 Å². The molecule has 0 spiro atoms. The van der Waals surface area contributed by atoms with Gasteiger partial charge in [-0.1, -0.05) is 40.7 Å². The number of phosphoric acid groups is 2. The molecule has 113 heavy (non-hydrogen) atoms. The van der Waals surface area contributed by atoms with Gasteiger partial charge in [0.15, 0.2) is 35.1 Å². The number of allylic oxidation sites excluding steroid dienone is 6. The number of aliphatic imine (C=N–C) groups is 3. The van der Waals surface area contributed by atoms with Gasteiger partial charge in [0.05, 0.1) is 42.7 Å². The number of carbonyl (C=O) groups excluding carboxylic acids is 7. The van der Waals surface area contributed by atoms with Gasteiger partial charge in [-0.15, -0.1) is 0 Å². The number of aliphatic hydroxyl groups is 4. The molecule has 7 amide bonds. The van der Waals surface area contributed by atoms with E-state index in [2.05, 4.69) is 46.5 Å². The third kappa shape index (κ3) is 17.5. The maximum Gasteiger partial charge on any atom is 0.481 e. The number of primary amides is 6. The van der Waals surface area contributed by atoms with Gasteiger partial charge in [-0.25, -0.2) is 29.1 Å². The summed E-state index contributed by atoms with van der Waals surface area (Å²) in [4.78, 5) is 165. The number of H-pyrrole nitrogens is 1. The summed E-state index contributed by atoms with van der Waals surface area (Å²) in [5.74, 6) is -7.90. The third-order valence-corrected chi connectivity index (χ3v) is 25.7. The average molecular weight is 1670 g/mol. The number of aliphatic hydroxyl groups excluding tert-OH is 4. The zero-order valence-corrected chi connectivity index (χ0v) is 66.2. The first-order chi connectivity index (χ1) is 52.1. The molecule has 621 valence electrons. The summed E-state index contributed by atoms with van der Waals surface area (Å²) in [6, 6.07) is -1.11. The van der Waals surface area contributed by atoms with E-state index in [1.807, 2.05) is 13.8 Å². The van der Waals surface area contributed by atoms with Crippen molar-refractivity contribution >= 4 is 108 Å². The van der Waals surface area contributed by atoms with Crippen molar-refractivity contribution in [2.75, 3.05) is 24.6 Å². The van der Waals surface area contributed by atoms with E-state index in [-0.39, 0.29) is 110 Å². The Labute approximate surface area is 657 Å². The van der Waals surface area contributed by atoms with E-state index >= 15 is 0 Å². The number of nitrogen functional groups attached to an aromatic ring is 2. The van der Waals surface area contributed by atoms with Gasteiger partial charge in [0, 0.05) is 125 Å². The molecule has 2 unspecified atom stereocenters. The smallest absolute Gasteiger partial charge is 0.481 e. The van der Waals surface area contributed by atoms with E-state index in [0.29, 0.717) is 56.5 Å². The van der Waals surface area contributed by atoms with Crippen LogP contribution in [0.25, 0.3) is 27.6 Å². The van der Waals surface area contributed by atoms with Gasteiger partial charge in [-0.05, 0) is 88.0 Å². The molecule has 7 aliphatic heterocycles. The third-order valence-electron chi connectivity index (χ3n) is 22.9. The van der Waals surface area contributed by atoms with Crippen molar-refractivity contribution in [1.82, 2.24) is 44.4 Å². The fourth-order valence-electron chi connectivity index (χ4n) is 17.0. The van der Waals surface area contributed by atoms with Gasteiger partial charge >= 0.3 is 15.6 Å². The SMILES string of the molecule is C/C1=C2/[N-][C@H]([C@H](CC(N)=O)[C@@]2(C)CCC(=O)NC[C@@H](C)OP(=O)(O)OP(=O)(O)OC[C@H]2O[C@@H](n3cnc4c(=O)[nH]c(N)nc43)[C@H](O)[C@@H]2O)[C@]2(C)N=C(/C(C)=C3N=C(/C=C4N=C1[C@@H](CCC(N)=O)C\4(C)C)[C@@H](CCC(N)=O)[C@]\3(C)CC(N)=O)[C@@H](CCC(N)=O)[C@]2(C)CC(N)=O.[CH2-][C@H]1O[C@@H](n2cnc3c(N)ncnc32)[C@H](O)[C@@H]1O.[Co]. The number of hydrogen-bond acceptors (Lipinski definition) is 29. The molecule has 4 aromatic rings. The minimum Gasteiger partial charge on any atom is -0.682 e. The van der Waals surface area contributed by atoms with Gasteiger partial charge in [-0.3, -0.25) is 76.5 Å². The number of carbonyl (C=O) groups is 7. The predicted molar refractivity (Wildman–Crippen MR) is 399 cm³/mol. The Balaban J connectivity index is 0.000000669. The molecule has 3 saturated heterocycles. The van der Waals surface area contributed by atoms with Gasteiger partial charge in [0.25, 0.3) is 5.56 Å². The Morgan fingerprint density at radius 2 is 1.29 bits per heavy atom. The molecular weight excluding hydrogens is 1570 g/mol. The first kappa shape index (κ1) is 88.3. The number of phosphoric ester groups is 2. The van der Waals surface area contributed by atoms with E-state index in [9.17, 15) is 77.7 Å². The molecule has 3 fully saturated rings. The van der Waals surface area contributed by atoms with E-state index in [1.165, 1.54) is 24.1 Å². The summed E-state index contributed by atoms with van der Waals surface area (Å²) in [7, 11) is -11.1. The molecule has 0 saturated carbocycles. The zero-order valence-electron chi connectivity index (χ0n) is 63.4. The molecule has 20 atom stereocenters. The second-order valence-corrected chi connectivity index (χ2v) is 33.9. The van der Waals surface area contributed by atoms with Crippen LogP contribution in [0.2, 0.25) is 0 Å². The number of amides is 7. The summed E-state index contributed by atoms with van der Waals surface area (Å²) in [5.41, 5.74) is 44.0. The summed E-state index contributed by atoms with van der Waals surface area (Å²) in [6.45, 7) is 17.9. The number of nitrogens with one attached hydrogen (secondary N) is 2. The molecule has 45 heteroatoms. The number of rotatable bonds is 29. The van der Waals surface area contributed by atoms with Crippen LogP contribution in [0.5, 0.6) is 0 Å². The van der Waals surface area contributed by atoms with Crippen LogP contribution in [0.15, 0.2) is 73.1 Å². The summed E-state index contributed by atoms with van der Waals surface area (Å²) in [5, 5.41) is 49.3. The monoisotopic (exact) mass is 1660 g/mol. The van der Waals surface area contributed by atoms with E-state index in [1.54, 1.807) is 47.6 Å². The molecule has 7 aliphatic rings.